The van der Waals surface area contributed by atoms with E-state index in [-0.39, 0.29) is 17.5 Å². The number of hydrogen-bond donors (Lipinski definition) is 3. The first kappa shape index (κ1) is 15.4. The Morgan fingerprint density at radius 1 is 1.05 bits per heavy atom. The number of nitrogens with two attached hydrogens (primary N) is 1. The van der Waals surface area contributed by atoms with Crippen LogP contribution in [0.25, 0.3) is 0 Å². The van der Waals surface area contributed by atoms with Gasteiger partial charge in [0.25, 0.3) is 0 Å². The highest BCUT2D eigenvalue weighted by atomic mass is 16.3. The van der Waals surface area contributed by atoms with E-state index in [2.05, 4.69) is 17.0 Å². The molecule has 0 saturated carbocycles. The second kappa shape index (κ2) is 7.11. The van der Waals surface area contributed by atoms with Crippen LogP contribution in [0.15, 0.2) is 48.5 Å². The predicted molar refractivity (Wildman–Crippen MR) is 84.1 cm³/mol. The van der Waals surface area contributed by atoms with Crippen molar-refractivity contribution in [3.05, 3.63) is 59.7 Å². The van der Waals surface area contributed by atoms with Crippen LogP contribution in [-0.2, 0) is 6.54 Å². The van der Waals surface area contributed by atoms with Crippen LogP contribution >= 0.6 is 0 Å². The fourth-order valence-corrected chi connectivity index (χ4v) is 2.46. The molecular formula is C17H22N2O2. The van der Waals surface area contributed by atoms with Crippen LogP contribution in [0.1, 0.15) is 24.1 Å². The van der Waals surface area contributed by atoms with Crippen molar-refractivity contribution in [3.63, 3.8) is 0 Å². The molecule has 112 valence electrons. The number of phenols is 2. The third kappa shape index (κ3) is 4.21. The van der Waals surface area contributed by atoms with Crippen molar-refractivity contribution in [2.24, 2.45) is 5.73 Å². The number of nitrogens with zero attached hydrogens (tertiary/aromatic N) is 1. The largest absolute Gasteiger partial charge is 0.508 e. The number of aromatic hydroxyl groups is 2. The van der Waals surface area contributed by atoms with Crippen LogP contribution < -0.4 is 5.73 Å². The summed E-state index contributed by atoms with van der Waals surface area (Å²) in [5.41, 5.74) is 7.80. The third-order valence-electron chi connectivity index (χ3n) is 3.60. The highest BCUT2D eigenvalue weighted by molar-refractivity contribution is 5.38. The Morgan fingerprint density at radius 2 is 1.67 bits per heavy atom. The van der Waals surface area contributed by atoms with Crippen LogP contribution in [0.2, 0.25) is 0 Å². The van der Waals surface area contributed by atoms with Gasteiger partial charge in [-0.15, -0.1) is 0 Å². The van der Waals surface area contributed by atoms with Gasteiger partial charge in [0, 0.05) is 31.7 Å². The zero-order chi connectivity index (χ0) is 15.2. The molecule has 0 spiro atoms. The molecule has 0 bridgehead atoms. The molecule has 2 rings (SSSR count). The average molecular weight is 286 g/mol. The van der Waals surface area contributed by atoms with E-state index in [0.717, 1.165) is 18.7 Å². The molecule has 0 heterocycles. The number of hydrogen-bond acceptors (Lipinski definition) is 4. The van der Waals surface area contributed by atoms with Gasteiger partial charge >= 0.3 is 0 Å². The zero-order valence-electron chi connectivity index (χ0n) is 12.2. The molecule has 2 aromatic carbocycles. The first-order chi connectivity index (χ1) is 10.1. The van der Waals surface area contributed by atoms with Gasteiger partial charge in [0.2, 0.25) is 0 Å². The maximum atomic E-state index is 9.64. The Hall–Kier alpha value is -2.04. The van der Waals surface area contributed by atoms with Gasteiger partial charge in [-0.25, -0.2) is 0 Å². The van der Waals surface area contributed by atoms with E-state index in [0.29, 0.717) is 6.54 Å². The molecule has 0 radical (unpaired) electrons. The summed E-state index contributed by atoms with van der Waals surface area (Å²) in [7, 11) is 0. The summed E-state index contributed by atoms with van der Waals surface area (Å²) in [5, 5.41) is 19.3. The Morgan fingerprint density at radius 3 is 2.24 bits per heavy atom. The maximum absolute atomic E-state index is 9.64. The van der Waals surface area contributed by atoms with E-state index >= 15 is 0 Å². The molecule has 0 fully saturated rings. The molecule has 21 heavy (non-hydrogen) atoms. The standard InChI is InChI=1S/C17H22N2O2/c1-13(15-9-16(20)11-17(21)10-15)19(8-7-18)12-14-5-3-2-4-6-14/h2-6,9-11,13,20-21H,7-8,12,18H2,1H3. The van der Waals surface area contributed by atoms with Gasteiger partial charge in [0.05, 0.1) is 0 Å². The molecule has 0 amide bonds. The second-order valence-corrected chi connectivity index (χ2v) is 5.20. The molecule has 1 atom stereocenters. The molecule has 0 aromatic heterocycles. The minimum atomic E-state index is 0.0479. The smallest absolute Gasteiger partial charge is 0.119 e. The molecule has 2 aromatic rings. The van der Waals surface area contributed by atoms with Crippen molar-refractivity contribution in [2.45, 2.75) is 19.5 Å². The summed E-state index contributed by atoms with van der Waals surface area (Å²) in [6.45, 7) is 4.12. The van der Waals surface area contributed by atoms with Crippen molar-refractivity contribution >= 4 is 0 Å². The molecule has 4 nitrogen and oxygen atoms in total. The lowest BCUT2D eigenvalue weighted by Crippen LogP contribution is -2.31. The Labute approximate surface area is 125 Å². The highest BCUT2D eigenvalue weighted by Gasteiger charge is 2.16. The van der Waals surface area contributed by atoms with E-state index in [4.69, 9.17) is 5.73 Å². The number of phenolic OH excluding ortho intramolecular Hbond substituents is 2. The summed E-state index contributed by atoms with van der Waals surface area (Å²) in [6, 6.07) is 14.9. The van der Waals surface area contributed by atoms with Crippen LogP contribution in [0, 0.1) is 0 Å². The molecule has 0 saturated heterocycles. The highest BCUT2D eigenvalue weighted by Crippen LogP contribution is 2.28. The van der Waals surface area contributed by atoms with Crippen LogP contribution in [0.3, 0.4) is 0 Å². The van der Waals surface area contributed by atoms with E-state index in [9.17, 15) is 10.2 Å². The lowest BCUT2D eigenvalue weighted by atomic mass is 10.0. The minimum absolute atomic E-state index is 0.0479. The first-order valence-corrected chi connectivity index (χ1v) is 7.11. The second-order valence-electron chi connectivity index (χ2n) is 5.20. The van der Waals surface area contributed by atoms with Gasteiger partial charge in [-0.1, -0.05) is 30.3 Å². The van der Waals surface area contributed by atoms with Gasteiger partial charge in [0.1, 0.15) is 11.5 Å². The lowest BCUT2D eigenvalue weighted by Gasteiger charge is -2.29. The van der Waals surface area contributed by atoms with E-state index in [1.165, 1.54) is 11.6 Å². The molecule has 1 unspecified atom stereocenters. The summed E-state index contributed by atoms with van der Waals surface area (Å²) in [5.74, 6) is 0.147. The summed E-state index contributed by atoms with van der Waals surface area (Å²) >= 11 is 0. The summed E-state index contributed by atoms with van der Waals surface area (Å²) < 4.78 is 0. The van der Waals surface area contributed by atoms with E-state index < -0.39 is 0 Å². The topological polar surface area (TPSA) is 69.7 Å². The average Bonchev–Trinajstić information content (AvgIpc) is 2.46. The van der Waals surface area contributed by atoms with Gasteiger partial charge in [-0.2, -0.15) is 0 Å². The Kier molecular flexibility index (Phi) is 5.20. The first-order valence-electron chi connectivity index (χ1n) is 7.11. The Bertz CT molecular complexity index is 552. The molecule has 0 aliphatic carbocycles. The maximum Gasteiger partial charge on any atom is 0.119 e. The minimum Gasteiger partial charge on any atom is -0.508 e. The number of rotatable bonds is 6. The molecular weight excluding hydrogens is 264 g/mol. The molecule has 0 aliphatic heterocycles. The normalized spacial score (nSPS) is 12.5. The van der Waals surface area contributed by atoms with Crippen molar-refractivity contribution in [3.8, 4) is 11.5 Å². The Balaban J connectivity index is 2.20. The monoisotopic (exact) mass is 286 g/mol. The molecule has 4 N–H and O–H groups in total. The van der Waals surface area contributed by atoms with E-state index in [1.807, 2.05) is 25.1 Å². The molecule has 0 aliphatic rings. The molecule has 4 heteroatoms. The van der Waals surface area contributed by atoms with Crippen molar-refractivity contribution in [2.75, 3.05) is 13.1 Å². The van der Waals surface area contributed by atoms with Crippen molar-refractivity contribution < 1.29 is 10.2 Å². The van der Waals surface area contributed by atoms with Crippen LogP contribution in [-0.4, -0.2) is 28.2 Å². The SMILES string of the molecule is CC(c1cc(O)cc(O)c1)N(CCN)Cc1ccccc1. The quantitative estimate of drug-likeness (QED) is 0.763. The third-order valence-corrected chi connectivity index (χ3v) is 3.60. The van der Waals surface area contributed by atoms with E-state index in [1.54, 1.807) is 12.1 Å². The van der Waals surface area contributed by atoms with Gasteiger partial charge in [0.15, 0.2) is 0 Å². The summed E-state index contributed by atoms with van der Waals surface area (Å²) in [6.07, 6.45) is 0. The van der Waals surface area contributed by atoms with Gasteiger partial charge in [-0.3, -0.25) is 4.90 Å². The fourth-order valence-electron chi connectivity index (χ4n) is 2.46. The zero-order valence-corrected chi connectivity index (χ0v) is 12.2. The van der Waals surface area contributed by atoms with Crippen LogP contribution in [0.4, 0.5) is 0 Å². The van der Waals surface area contributed by atoms with Crippen molar-refractivity contribution in [1.29, 1.82) is 0 Å². The summed E-state index contributed by atoms with van der Waals surface area (Å²) in [4.78, 5) is 2.23. The predicted octanol–water partition coefficient (Wildman–Crippen LogP) is 2.62. The lowest BCUT2D eigenvalue weighted by molar-refractivity contribution is 0.207. The van der Waals surface area contributed by atoms with Crippen LogP contribution in [0.5, 0.6) is 11.5 Å². The van der Waals surface area contributed by atoms with Gasteiger partial charge in [-0.05, 0) is 30.2 Å². The number of benzene rings is 2. The van der Waals surface area contributed by atoms with Gasteiger partial charge < -0.3 is 15.9 Å². The fraction of sp³-hybridized carbons (Fsp3) is 0.294. The van der Waals surface area contributed by atoms with Crippen molar-refractivity contribution in [1.82, 2.24) is 4.90 Å².